The van der Waals surface area contributed by atoms with E-state index in [1.807, 2.05) is 20.9 Å². The molecule has 106 valence electrons. The molecule has 6 nitrogen and oxygen atoms in total. The van der Waals surface area contributed by atoms with Crippen molar-refractivity contribution in [3.8, 4) is 0 Å². The van der Waals surface area contributed by atoms with Crippen LogP contribution in [0.25, 0.3) is 0 Å². The van der Waals surface area contributed by atoms with Crippen LogP contribution in [0, 0.1) is 13.8 Å². The Kier molecular flexibility index (Phi) is 3.29. The molecule has 7 heteroatoms. The lowest BCUT2D eigenvalue weighted by molar-refractivity contribution is -0.115. The van der Waals surface area contributed by atoms with E-state index in [9.17, 15) is 4.79 Å². The van der Waals surface area contributed by atoms with Gasteiger partial charge in [-0.25, -0.2) is 0 Å². The average Bonchev–Trinajstić information content (AvgIpc) is 3.10. The molecule has 1 N–H and O–H groups in total. The second-order valence-electron chi connectivity index (χ2n) is 5.22. The summed E-state index contributed by atoms with van der Waals surface area (Å²) in [5, 5.41) is 16.9. The first-order valence-corrected chi connectivity index (χ1v) is 7.48. The van der Waals surface area contributed by atoms with Gasteiger partial charge in [0.25, 0.3) is 0 Å². The van der Waals surface area contributed by atoms with E-state index in [-0.39, 0.29) is 5.91 Å². The molecule has 2 aromatic rings. The van der Waals surface area contributed by atoms with Gasteiger partial charge in [-0.2, -0.15) is 5.10 Å². The Balaban J connectivity index is 1.66. The summed E-state index contributed by atoms with van der Waals surface area (Å²) < 4.78 is 1.80. The van der Waals surface area contributed by atoms with Crippen molar-refractivity contribution < 1.29 is 4.79 Å². The minimum Gasteiger partial charge on any atom is -0.300 e. The summed E-state index contributed by atoms with van der Waals surface area (Å²) >= 11 is 1.48. The maximum absolute atomic E-state index is 12.1. The molecular formula is C13H17N5OS. The summed E-state index contributed by atoms with van der Waals surface area (Å²) in [6.45, 7) is 3.89. The Morgan fingerprint density at radius 2 is 2.15 bits per heavy atom. The number of hydrogen-bond acceptors (Lipinski definition) is 5. The van der Waals surface area contributed by atoms with Gasteiger partial charge in [0.05, 0.1) is 12.1 Å². The Morgan fingerprint density at radius 1 is 1.40 bits per heavy atom. The van der Waals surface area contributed by atoms with Gasteiger partial charge in [0.2, 0.25) is 11.0 Å². The highest BCUT2D eigenvalue weighted by molar-refractivity contribution is 7.15. The average molecular weight is 291 g/mol. The minimum absolute atomic E-state index is 0.0669. The van der Waals surface area contributed by atoms with Crippen LogP contribution in [0.5, 0.6) is 0 Å². The van der Waals surface area contributed by atoms with Gasteiger partial charge in [-0.15, -0.1) is 10.2 Å². The number of anilines is 1. The van der Waals surface area contributed by atoms with Crippen LogP contribution in [-0.2, 0) is 18.3 Å². The molecule has 0 atom stereocenters. The standard InChI is InChI=1S/C13H17N5OS/c1-7-10(8(2)18(3)17-7)6-11(19)14-13-16-15-12(20-13)9-4-5-9/h9H,4-6H2,1-3H3,(H,14,16,19). The Morgan fingerprint density at radius 3 is 2.75 bits per heavy atom. The first kappa shape index (κ1) is 13.2. The van der Waals surface area contributed by atoms with Crippen molar-refractivity contribution in [3.63, 3.8) is 0 Å². The van der Waals surface area contributed by atoms with Gasteiger partial charge in [0, 0.05) is 24.2 Å². The maximum atomic E-state index is 12.1. The van der Waals surface area contributed by atoms with E-state index in [0.717, 1.165) is 22.0 Å². The normalized spacial score (nSPS) is 14.6. The molecule has 0 saturated heterocycles. The predicted molar refractivity (Wildman–Crippen MR) is 76.9 cm³/mol. The maximum Gasteiger partial charge on any atom is 0.230 e. The molecule has 3 rings (SSSR count). The summed E-state index contributed by atoms with van der Waals surface area (Å²) in [5.74, 6) is 0.503. The first-order valence-electron chi connectivity index (χ1n) is 6.67. The lowest BCUT2D eigenvalue weighted by atomic mass is 10.1. The fraction of sp³-hybridized carbons (Fsp3) is 0.538. The molecule has 0 radical (unpaired) electrons. The van der Waals surface area contributed by atoms with Crippen molar-refractivity contribution >= 4 is 22.4 Å². The molecule has 20 heavy (non-hydrogen) atoms. The van der Waals surface area contributed by atoms with Crippen LogP contribution in [0.4, 0.5) is 5.13 Å². The van der Waals surface area contributed by atoms with Crippen molar-refractivity contribution in [2.45, 2.75) is 39.0 Å². The number of carbonyl (C=O) groups excluding carboxylic acids is 1. The first-order chi connectivity index (χ1) is 9.54. The molecular weight excluding hydrogens is 274 g/mol. The summed E-state index contributed by atoms with van der Waals surface area (Å²) in [6.07, 6.45) is 2.71. The lowest BCUT2D eigenvalue weighted by Gasteiger charge is -2.02. The third kappa shape index (κ3) is 2.58. The van der Waals surface area contributed by atoms with E-state index in [1.54, 1.807) is 4.68 Å². The van der Waals surface area contributed by atoms with Crippen LogP contribution < -0.4 is 5.32 Å². The third-order valence-electron chi connectivity index (χ3n) is 3.61. The number of carbonyl (C=O) groups is 1. The monoisotopic (exact) mass is 291 g/mol. The number of aromatic nitrogens is 4. The Hall–Kier alpha value is -1.76. The molecule has 1 aliphatic carbocycles. The summed E-state index contributed by atoms with van der Waals surface area (Å²) in [7, 11) is 1.89. The van der Waals surface area contributed by atoms with Crippen LogP contribution in [0.2, 0.25) is 0 Å². The van der Waals surface area contributed by atoms with Crippen molar-refractivity contribution in [2.75, 3.05) is 5.32 Å². The third-order valence-corrected chi connectivity index (χ3v) is 4.61. The summed E-state index contributed by atoms with van der Waals surface area (Å²) in [4.78, 5) is 12.1. The highest BCUT2D eigenvalue weighted by atomic mass is 32.1. The Bertz CT molecular complexity index is 656. The van der Waals surface area contributed by atoms with Gasteiger partial charge in [-0.1, -0.05) is 11.3 Å². The van der Waals surface area contributed by atoms with Gasteiger partial charge in [-0.05, 0) is 26.7 Å². The molecule has 0 spiro atoms. The molecule has 2 aromatic heterocycles. The Labute approximate surface area is 121 Å². The predicted octanol–water partition coefficient (Wildman–Crippen LogP) is 1.95. The van der Waals surface area contributed by atoms with Crippen molar-refractivity contribution in [1.29, 1.82) is 0 Å². The van der Waals surface area contributed by atoms with Crippen LogP contribution >= 0.6 is 11.3 Å². The molecule has 1 saturated carbocycles. The van der Waals surface area contributed by atoms with Gasteiger partial charge >= 0.3 is 0 Å². The number of nitrogens with one attached hydrogen (secondary N) is 1. The molecule has 0 aromatic carbocycles. The second kappa shape index (κ2) is 4.97. The zero-order valence-electron chi connectivity index (χ0n) is 11.8. The number of hydrogen-bond donors (Lipinski definition) is 1. The number of amides is 1. The molecule has 1 aliphatic rings. The van der Waals surface area contributed by atoms with Gasteiger partial charge < -0.3 is 5.32 Å². The number of aryl methyl sites for hydroxylation is 2. The molecule has 2 heterocycles. The molecule has 0 aliphatic heterocycles. The van der Waals surface area contributed by atoms with Crippen LogP contribution in [0.1, 0.15) is 40.7 Å². The van der Waals surface area contributed by atoms with Gasteiger partial charge in [0.15, 0.2) is 0 Å². The van der Waals surface area contributed by atoms with Crippen LogP contribution in [0.15, 0.2) is 0 Å². The van der Waals surface area contributed by atoms with E-state index >= 15 is 0 Å². The molecule has 1 amide bonds. The highest BCUT2D eigenvalue weighted by Crippen LogP contribution is 2.42. The summed E-state index contributed by atoms with van der Waals surface area (Å²) in [6, 6.07) is 0. The topological polar surface area (TPSA) is 72.7 Å². The van der Waals surface area contributed by atoms with Crippen molar-refractivity contribution in [1.82, 2.24) is 20.0 Å². The SMILES string of the molecule is Cc1nn(C)c(C)c1CC(=O)Nc1nnc(C2CC2)s1. The quantitative estimate of drug-likeness (QED) is 0.934. The van der Waals surface area contributed by atoms with E-state index in [1.165, 1.54) is 24.2 Å². The lowest BCUT2D eigenvalue weighted by Crippen LogP contribution is -2.15. The van der Waals surface area contributed by atoms with Crippen LogP contribution in [0.3, 0.4) is 0 Å². The van der Waals surface area contributed by atoms with Crippen LogP contribution in [-0.4, -0.2) is 25.9 Å². The van der Waals surface area contributed by atoms with Gasteiger partial charge in [0.1, 0.15) is 5.01 Å². The molecule has 0 bridgehead atoms. The zero-order valence-corrected chi connectivity index (χ0v) is 12.6. The molecule has 1 fully saturated rings. The highest BCUT2D eigenvalue weighted by Gasteiger charge is 2.27. The van der Waals surface area contributed by atoms with Crippen molar-refractivity contribution in [3.05, 3.63) is 22.0 Å². The fourth-order valence-electron chi connectivity index (χ4n) is 2.18. The van der Waals surface area contributed by atoms with E-state index in [2.05, 4.69) is 20.6 Å². The number of nitrogens with zero attached hydrogens (tertiary/aromatic N) is 4. The zero-order chi connectivity index (χ0) is 14.3. The second-order valence-corrected chi connectivity index (χ2v) is 6.23. The van der Waals surface area contributed by atoms with E-state index < -0.39 is 0 Å². The van der Waals surface area contributed by atoms with Gasteiger partial charge in [-0.3, -0.25) is 9.48 Å². The fourth-order valence-corrected chi connectivity index (χ4v) is 3.11. The largest absolute Gasteiger partial charge is 0.300 e. The minimum atomic E-state index is -0.0669. The molecule has 0 unspecified atom stereocenters. The smallest absolute Gasteiger partial charge is 0.230 e. The number of rotatable bonds is 4. The van der Waals surface area contributed by atoms with E-state index in [0.29, 0.717) is 17.5 Å². The van der Waals surface area contributed by atoms with E-state index in [4.69, 9.17) is 0 Å². The summed E-state index contributed by atoms with van der Waals surface area (Å²) in [5.41, 5.74) is 2.90. The van der Waals surface area contributed by atoms with Crippen molar-refractivity contribution in [2.24, 2.45) is 7.05 Å².